The van der Waals surface area contributed by atoms with E-state index in [0.29, 0.717) is 15.9 Å². The van der Waals surface area contributed by atoms with Gasteiger partial charge in [0.2, 0.25) is 0 Å². The smallest absolute Gasteiger partial charge is 0.339 e. The van der Waals surface area contributed by atoms with Crippen molar-refractivity contribution in [3.8, 4) is 22.0 Å². The van der Waals surface area contributed by atoms with E-state index in [2.05, 4.69) is 21.8 Å². The molecule has 1 aliphatic heterocycles. The maximum atomic E-state index is 13.4. The fourth-order valence-corrected chi connectivity index (χ4v) is 6.20. The first-order valence-electron chi connectivity index (χ1n) is 13.9. The van der Waals surface area contributed by atoms with Gasteiger partial charge in [0, 0.05) is 48.5 Å². The largest absolute Gasteiger partial charge is 0.464 e. The predicted octanol–water partition coefficient (Wildman–Crippen LogP) is 6.55. The number of hydrogen-bond donors (Lipinski definition) is 0. The third-order valence-corrected chi connectivity index (χ3v) is 8.29. The second kappa shape index (κ2) is 12.0. The molecule has 0 unspecified atom stereocenters. The molecule has 3 heterocycles. The Hall–Kier alpha value is -3.11. The lowest BCUT2D eigenvalue weighted by Crippen LogP contribution is -2.44. The molecule has 0 spiro atoms. The number of aryl methyl sites for hydroxylation is 1. The molecule has 1 atom stereocenters. The van der Waals surface area contributed by atoms with Crippen LogP contribution in [-0.4, -0.2) is 71.3 Å². The highest BCUT2D eigenvalue weighted by Gasteiger charge is 2.33. The summed E-state index contributed by atoms with van der Waals surface area (Å²) in [6.45, 7) is 13.7. The van der Waals surface area contributed by atoms with Crippen molar-refractivity contribution in [2.75, 3.05) is 44.7 Å². The van der Waals surface area contributed by atoms with Crippen LogP contribution in [0.2, 0.25) is 5.02 Å². The SMILES string of the molecule is CCOC(=O)[C@@H](OC(C)(C)C)c1c(C)cc2nc(-c3nccc(N4CCN(C)CC4)n3)sc2c1-c1ccc(Cl)cc1. The molecule has 0 saturated carbocycles. The molecule has 2 aromatic carbocycles. The van der Waals surface area contributed by atoms with Gasteiger partial charge in [0.05, 0.1) is 22.4 Å². The number of piperazine rings is 1. The number of aromatic nitrogens is 3. The summed E-state index contributed by atoms with van der Waals surface area (Å²) in [4.78, 5) is 32.5. The molecule has 0 aliphatic carbocycles. The summed E-state index contributed by atoms with van der Waals surface area (Å²) < 4.78 is 12.8. The highest BCUT2D eigenvalue weighted by molar-refractivity contribution is 7.22. The number of anilines is 1. The summed E-state index contributed by atoms with van der Waals surface area (Å²) >= 11 is 7.78. The molecule has 0 bridgehead atoms. The number of esters is 1. The van der Waals surface area contributed by atoms with Gasteiger partial charge in [-0.05, 0) is 77.1 Å². The quantitative estimate of drug-likeness (QED) is 0.223. The van der Waals surface area contributed by atoms with Crippen molar-refractivity contribution < 1.29 is 14.3 Å². The zero-order valence-electron chi connectivity index (χ0n) is 24.4. The van der Waals surface area contributed by atoms with E-state index in [1.54, 1.807) is 13.1 Å². The van der Waals surface area contributed by atoms with Crippen LogP contribution < -0.4 is 4.90 Å². The number of benzene rings is 2. The predicted molar refractivity (Wildman–Crippen MR) is 166 cm³/mol. The number of hydrogen-bond acceptors (Lipinski definition) is 9. The van der Waals surface area contributed by atoms with Crippen molar-refractivity contribution in [2.24, 2.45) is 0 Å². The Bertz CT molecular complexity index is 1540. The van der Waals surface area contributed by atoms with Crippen LogP contribution in [0, 0.1) is 6.92 Å². The molecule has 1 fully saturated rings. The number of halogens is 1. The van der Waals surface area contributed by atoms with Gasteiger partial charge in [0.15, 0.2) is 16.9 Å². The third-order valence-electron chi connectivity index (χ3n) is 6.95. The third kappa shape index (κ3) is 6.54. The summed E-state index contributed by atoms with van der Waals surface area (Å²) in [5.41, 5.74) is 3.64. The molecule has 216 valence electrons. The molecule has 2 aromatic heterocycles. The van der Waals surface area contributed by atoms with Gasteiger partial charge >= 0.3 is 5.97 Å². The van der Waals surface area contributed by atoms with Crippen LogP contribution in [0.1, 0.15) is 44.9 Å². The standard InChI is InChI=1S/C31H36ClN5O3S/c1-7-39-30(38)26(40-31(3,4)5)24-19(2)18-22-27(25(24)20-8-10-21(32)11-9-20)41-29(34-22)28-33-13-12-23(35-28)37-16-14-36(6)15-17-37/h8-13,18,26H,7,14-17H2,1-6H3/t26-/m0/s1. The van der Waals surface area contributed by atoms with Crippen molar-refractivity contribution >= 4 is 44.9 Å². The highest BCUT2D eigenvalue weighted by Crippen LogP contribution is 2.44. The lowest BCUT2D eigenvalue weighted by molar-refractivity contribution is -0.166. The molecule has 0 N–H and O–H groups in total. The number of nitrogens with zero attached hydrogens (tertiary/aromatic N) is 5. The summed E-state index contributed by atoms with van der Waals surface area (Å²) in [6.07, 6.45) is 0.875. The second-order valence-corrected chi connectivity index (χ2v) is 12.7. The lowest BCUT2D eigenvalue weighted by Gasteiger charge is -2.33. The fourth-order valence-electron chi connectivity index (χ4n) is 5.01. The summed E-state index contributed by atoms with van der Waals surface area (Å²) in [6, 6.07) is 11.6. The maximum absolute atomic E-state index is 13.4. The van der Waals surface area contributed by atoms with Crippen molar-refractivity contribution in [1.82, 2.24) is 19.9 Å². The van der Waals surface area contributed by atoms with Gasteiger partial charge in [0.1, 0.15) is 5.82 Å². The molecule has 5 rings (SSSR count). The Labute approximate surface area is 250 Å². The monoisotopic (exact) mass is 593 g/mol. The van der Waals surface area contributed by atoms with Crippen LogP contribution in [0.25, 0.3) is 32.2 Å². The van der Waals surface area contributed by atoms with E-state index in [9.17, 15) is 4.79 Å². The van der Waals surface area contributed by atoms with E-state index >= 15 is 0 Å². The first-order valence-corrected chi connectivity index (χ1v) is 15.0. The van der Waals surface area contributed by atoms with Crippen LogP contribution in [0.3, 0.4) is 0 Å². The summed E-state index contributed by atoms with van der Waals surface area (Å²) in [7, 11) is 2.14. The minimum Gasteiger partial charge on any atom is -0.464 e. The van der Waals surface area contributed by atoms with Gasteiger partial charge in [-0.15, -0.1) is 11.3 Å². The number of thiazole rings is 1. The zero-order valence-corrected chi connectivity index (χ0v) is 26.0. The average Bonchev–Trinajstić information content (AvgIpc) is 3.35. The Morgan fingerprint density at radius 1 is 1.10 bits per heavy atom. The van der Waals surface area contributed by atoms with Gasteiger partial charge in [-0.2, -0.15) is 0 Å². The van der Waals surface area contributed by atoms with Gasteiger partial charge in [-0.1, -0.05) is 23.7 Å². The molecular weight excluding hydrogens is 558 g/mol. The Kier molecular flexibility index (Phi) is 8.61. The number of ether oxygens (including phenoxy) is 2. The zero-order chi connectivity index (χ0) is 29.3. The van der Waals surface area contributed by atoms with Crippen LogP contribution in [0.15, 0.2) is 42.6 Å². The van der Waals surface area contributed by atoms with Crippen LogP contribution >= 0.6 is 22.9 Å². The van der Waals surface area contributed by atoms with E-state index in [4.69, 9.17) is 31.0 Å². The first-order chi connectivity index (χ1) is 19.5. The van der Waals surface area contributed by atoms with Gasteiger partial charge < -0.3 is 19.3 Å². The average molecular weight is 594 g/mol. The number of rotatable bonds is 7. The van der Waals surface area contributed by atoms with E-state index in [1.807, 2.05) is 64.1 Å². The second-order valence-electron chi connectivity index (χ2n) is 11.2. The molecule has 1 aliphatic rings. The van der Waals surface area contributed by atoms with E-state index in [-0.39, 0.29) is 6.61 Å². The van der Waals surface area contributed by atoms with Crippen molar-refractivity contribution in [1.29, 1.82) is 0 Å². The molecule has 41 heavy (non-hydrogen) atoms. The number of carbonyl (C=O) groups excluding carboxylic acids is 1. The molecule has 0 amide bonds. The van der Waals surface area contributed by atoms with Crippen LogP contribution in [0.4, 0.5) is 5.82 Å². The molecule has 0 radical (unpaired) electrons. The molecular formula is C31H36ClN5O3S. The minimum absolute atomic E-state index is 0.256. The number of likely N-dealkylation sites (N-methyl/N-ethyl adjacent to an activating group) is 1. The van der Waals surface area contributed by atoms with Gasteiger partial charge in [-0.3, -0.25) is 0 Å². The van der Waals surface area contributed by atoms with Gasteiger partial charge in [-0.25, -0.2) is 19.7 Å². The van der Waals surface area contributed by atoms with Crippen LogP contribution in [0.5, 0.6) is 0 Å². The normalized spacial score (nSPS) is 15.3. The van der Waals surface area contributed by atoms with Crippen molar-refractivity contribution in [2.45, 2.75) is 46.3 Å². The van der Waals surface area contributed by atoms with Crippen molar-refractivity contribution in [3.63, 3.8) is 0 Å². The Morgan fingerprint density at radius 3 is 2.46 bits per heavy atom. The maximum Gasteiger partial charge on any atom is 0.339 e. The lowest BCUT2D eigenvalue weighted by atomic mass is 9.91. The van der Waals surface area contributed by atoms with Gasteiger partial charge in [0.25, 0.3) is 0 Å². The summed E-state index contributed by atoms with van der Waals surface area (Å²) in [5, 5.41) is 1.35. The van der Waals surface area contributed by atoms with Crippen molar-refractivity contribution in [3.05, 3.63) is 58.7 Å². The highest BCUT2D eigenvalue weighted by atomic mass is 35.5. The fraction of sp³-hybridized carbons (Fsp3) is 0.419. The van der Waals surface area contributed by atoms with E-state index in [0.717, 1.165) is 64.5 Å². The number of carbonyl (C=O) groups is 1. The molecule has 1 saturated heterocycles. The van der Waals surface area contributed by atoms with E-state index in [1.165, 1.54) is 11.3 Å². The summed E-state index contributed by atoms with van der Waals surface area (Å²) in [5.74, 6) is 1.06. The Balaban J connectivity index is 1.68. The number of fused-ring (bicyclic) bond motifs is 1. The topological polar surface area (TPSA) is 80.7 Å². The molecule has 4 aromatic rings. The minimum atomic E-state index is -0.924. The first kappa shape index (κ1) is 29.4. The molecule has 10 heteroatoms. The van der Waals surface area contributed by atoms with E-state index < -0.39 is 17.7 Å². The Morgan fingerprint density at radius 2 is 1.80 bits per heavy atom. The molecule has 8 nitrogen and oxygen atoms in total. The van der Waals surface area contributed by atoms with Crippen LogP contribution in [-0.2, 0) is 14.3 Å².